The lowest BCUT2D eigenvalue weighted by atomic mass is 10.2. The average molecular weight is 249 g/mol. The summed E-state index contributed by atoms with van der Waals surface area (Å²) in [5.41, 5.74) is 8.03. The third kappa shape index (κ3) is 4.11. The van der Waals surface area contributed by atoms with Gasteiger partial charge in [0.2, 0.25) is 0 Å². The van der Waals surface area contributed by atoms with Crippen LogP contribution in [-0.2, 0) is 0 Å². The molecule has 4 nitrogen and oxygen atoms in total. The molecule has 0 atom stereocenters. The van der Waals surface area contributed by atoms with Gasteiger partial charge in [0.15, 0.2) is 0 Å². The molecule has 0 aromatic carbocycles. The van der Waals surface area contributed by atoms with Crippen LogP contribution in [0.15, 0.2) is 12.1 Å². The number of nitrogens with zero attached hydrogens (tertiary/aromatic N) is 2. The van der Waals surface area contributed by atoms with E-state index in [9.17, 15) is 4.79 Å². The molecule has 1 rings (SSSR count). The third-order valence-corrected chi connectivity index (χ3v) is 2.78. The molecule has 100 valence electrons. The van der Waals surface area contributed by atoms with Crippen LogP contribution in [0.4, 0.5) is 0 Å². The topological polar surface area (TPSA) is 59.2 Å². The lowest BCUT2D eigenvalue weighted by Crippen LogP contribution is -2.36. The number of aryl methyl sites for hydroxylation is 2. The fourth-order valence-corrected chi connectivity index (χ4v) is 1.93. The second-order valence-electron chi connectivity index (χ2n) is 4.61. The van der Waals surface area contributed by atoms with Crippen molar-refractivity contribution in [1.82, 2.24) is 9.88 Å². The van der Waals surface area contributed by atoms with Crippen molar-refractivity contribution in [2.45, 2.75) is 33.6 Å². The third-order valence-electron chi connectivity index (χ3n) is 2.78. The fraction of sp³-hybridized carbons (Fsp3) is 0.571. The Balaban J connectivity index is 2.86. The zero-order valence-electron chi connectivity index (χ0n) is 11.6. The predicted octanol–water partition coefficient (Wildman–Crippen LogP) is 1.90. The summed E-state index contributed by atoms with van der Waals surface area (Å²) in [7, 11) is 0. The summed E-state index contributed by atoms with van der Waals surface area (Å²) in [6.45, 7) is 7.82. The molecule has 0 saturated carbocycles. The molecule has 0 aliphatic rings. The molecule has 4 heteroatoms. The molecule has 1 amide bonds. The van der Waals surface area contributed by atoms with Crippen LogP contribution in [0, 0.1) is 13.8 Å². The highest BCUT2D eigenvalue weighted by Gasteiger charge is 2.16. The normalized spacial score (nSPS) is 10.4. The molecule has 1 aromatic heterocycles. The molecule has 0 unspecified atom stereocenters. The molecule has 0 saturated heterocycles. The second kappa shape index (κ2) is 7.11. The highest BCUT2D eigenvalue weighted by atomic mass is 16.2. The lowest BCUT2D eigenvalue weighted by molar-refractivity contribution is 0.0752. The molecular formula is C14H23N3O. The molecule has 0 bridgehead atoms. The molecule has 0 aliphatic carbocycles. The van der Waals surface area contributed by atoms with Crippen molar-refractivity contribution >= 4 is 5.91 Å². The number of carbonyl (C=O) groups is 1. The second-order valence-corrected chi connectivity index (χ2v) is 4.61. The molecule has 1 heterocycles. The minimum Gasteiger partial charge on any atom is -0.336 e. The van der Waals surface area contributed by atoms with Gasteiger partial charge in [-0.25, -0.2) is 4.98 Å². The van der Waals surface area contributed by atoms with E-state index in [-0.39, 0.29) is 5.91 Å². The Morgan fingerprint density at radius 2 is 2.06 bits per heavy atom. The Bertz CT molecular complexity index is 384. The molecule has 0 spiro atoms. The first-order valence-electron chi connectivity index (χ1n) is 6.53. The van der Waals surface area contributed by atoms with Gasteiger partial charge in [0.1, 0.15) is 5.69 Å². The van der Waals surface area contributed by atoms with Crippen LogP contribution in [0.25, 0.3) is 0 Å². The number of aromatic nitrogens is 1. The molecule has 0 aliphatic heterocycles. The summed E-state index contributed by atoms with van der Waals surface area (Å²) < 4.78 is 0. The van der Waals surface area contributed by atoms with E-state index < -0.39 is 0 Å². The maximum atomic E-state index is 12.4. The number of pyridine rings is 1. The zero-order chi connectivity index (χ0) is 13.5. The summed E-state index contributed by atoms with van der Waals surface area (Å²) in [6, 6.07) is 3.81. The van der Waals surface area contributed by atoms with Crippen LogP contribution in [0.2, 0.25) is 0 Å². The van der Waals surface area contributed by atoms with Gasteiger partial charge in [-0.3, -0.25) is 4.79 Å². The molecule has 2 N–H and O–H groups in total. The fourth-order valence-electron chi connectivity index (χ4n) is 1.93. The SMILES string of the molecule is CCCCN(CCN)C(=O)c1cc(C)cc(C)n1. The van der Waals surface area contributed by atoms with E-state index in [2.05, 4.69) is 11.9 Å². The smallest absolute Gasteiger partial charge is 0.272 e. The van der Waals surface area contributed by atoms with Crippen molar-refractivity contribution in [3.05, 3.63) is 29.1 Å². The van der Waals surface area contributed by atoms with Crippen LogP contribution >= 0.6 is 0 Å². The van der Waals surface area contributed by atoms with Gasteiger partial charge < -0.3 is 10.6 Å². The number of nitrogens with two attached hydrogens (primary N) is 1. The molecular weight excluding hydrogens is 226 g/mol. The summed E-state index contributed by atoms with van der Waals surface area (Å²) in [5, 5.41) is 0. The summed E-state index contributed by atoms with van der Waals surface area (Å²) >= 11 is 0. The first-order chi connectivity index (χ1) is 8.58. The van der Waals surface area contributed by atoms with E-state index in [1.807, 2.05) is 26.0 Å². The molecule has 1 aromatic rings. The van der Waals surface area contributed by atoms with Gasteiger partial charge in [-0.15, -0.1) is 0 Å². The number of unbranched alkanes of at least 4 members (excludes halogenated alkanes) is 1. The highest BCUT2D eigenvalue weighted by molar-refractivity contribution is 5.92. The Morgan fingerprint density at radius 1 is 1.33 bits per heavy atom. The van der Waals surface area contributed by atoms with Gasteiger partial charge in [-0.1, -0.05) is 13.3 Å². The van der Waals surface area contributed by atoms with Gasteiger partial charge in [-0.05, 0) is 38.0 Å². The van der Waals surface area contributed by atoms with Crippen LogP contribution in [0.1, 0.15) is 41.5 Å². The summed E-state index contributed by atoms with van der Waals surface area (Å²) in [6.07, 6.45) is 2.06. The lowest BCUT2D eigenvalue weighted by Gasteiger charge is -2.21. The van der Waals surface area contributed by atoms with Crippen LogP contribution in [-0.4, -0.2) is 35.4 Å². The van der Waals surface area contributed by atoms with Crippen LogP contribution in [0.3, 0.4) is 0 Å². The van der Waals surface area contributed by atoms with E-state index >= 15 is 0 Å². The highest BCUT2D eigenvalue weighted by Crippen LogP contribution is 2.08. The van der Waals surface area contributed by atoms with E-state index in [0.717, 1.165) is 30.6 Å². The molecule has 0 radical (unpaired) electrons. The first-order valence-corrected chi connectivity index (χ1v) is 6.53. The molecule has 18 heavy (non-hydrogen) atoms. The standard InChI is InChI=1S/C14H23N3O/c1-4-5-7-17(8-6-15)14(18)13-10-11(2)9-12(3)16-13/h9-10H,4-8,15H2,1-3H3. The van der Waals surface area contributed by atoms with Crippen molar-refractivity contribution in [2.75, 3.05) is 19.6 Å². The minimum atomic E-state index is -0.0132. The number of hydrogen-bond donors (Lipinski definition) is 1. The monoisotopic (exact) mass is 249 g/mol. The van der Waals surface area contributed by atoms with E-state index in [0.29, 0.717) is 18.8 Å². The maximum absolute atomic E-state index is 12.4. The van der Waals surface area contributed by atoms with Crippen molar-refractivity contribution < 1.29 is 4.79 Å². The predicted molar refractivity (Wildman–Crippen MR) is 73.6 cm³/mol. The number of rotatable bonds is 6. The van der Waals surface area contributed by atoms with Crippen molar-refractivity contribution in [1.29, 1.82) is 0 Å². The van der Waals surface area contributed by atoms with Gasteiger partial charge in [-0.2, -0.15) is 0 Å². The number of carbonyl (C=O) groups excluding carboxylic acids is 1. The average Bonchev–Trinajstić information content (AvgIpc) is 2.32. The van der Waals surface area contributed by atoms with Gasteiger partial charge in [0, 0.05) is 25.3 Å². The van der Waals surface area contributed by atoms with Crippen molar-refractivity contribution in [3.63, 3.8) is 0 Å². The van der Waals surface area contributed by atoms with E-state index in [1.54, 1.807) is 4.90 Å². The van der Waals surface area contributed by atoms with Crippen molar-refractivity contribution in [3.8, 4) is 0 Å². The largest absolute Gasteiger partial charge is 0.336 e. The van der Waals surface area contributed by atoms with Crippen molar-refractivity contribution in [2.24, 2.45) is 5.73 Å². The van der Waals surface area contributed by atoms with Crippen LogP contribution in [0.5, 0.6) is 0 Å². The van der Waals surface area contributed by atoms with Gasteiger partial charge >= 0.3 is 0 Å². The Hall–Kier alpha value is -1.42. The maximum Gasteiger partial charge on any atom is 0.272 e. The van der Waals surface area contributed by atoms with Gasteiger partial charge in [0.25, 0.3) is 5.91 Å². The molecule has 0 fully saturated rings. The zero-order valence-corrected chi connectivity index (χ0v) is 11.6. The van der Waals surface area contributed by atoms with E-state index in [4.69, 9.17) is 5.73 Å². The van der Waals surface area contributed by atoms with E-state index in [1.165, 1.54) is 0 Å². The Kier molecular flexibility index (Phi) is 5.78. The quantitative estimate of drug-likeness (QED) is 0.837. The number of hydrogen-bond acceptors (Lipinski definition) is 3. The Labute approximate surface area is 109 Å². The summed E-state index contributed by atoms with van der Waals surface area (Å²) in [4.78, 5) is 18.5. The first kappa shape index (κ1) is 14.6. The number of amides is 1. The van der Waals surface area contributed by atoms with Crippen LogP contribution < -0.4 is 5.73 Å². The summed E-state index contributed by atoms with van der Waals surface area (Å²) in [5.74, 6) is -0.0132. The minimum absolute atomic E-state index is 0.0132. The Morgan fingerprint density at radius 3 is 2.61 bits per heavy atom. The van der Waals surface area contributed by atoms with Gasteiger partial charge in [0.05, 0.1) is 0 Å².